The number of rotatable bonds is 12. The molecular weight excluding hydrogens is 644 g/mol. The second-order valence-corrected chi connectivity index (χ2v) is 11.8. The number of ether oxygens (including phenoxy) is 7. The summed E-state index contributed by atoms with van der Waals surface area (Å²) in [6.07, 6.45) is -0.0397. The summed E-state index contributed by atoms with van der Waals surface area (Å²) in [7, 11) is 7.06. The fraction of sp³-hybridized carbons (Fsp3) is 0.361. The normalized spacial score (nSPS) is 19.0. The number of halogens is 1. The van der Waals surface area contributed by atoms with Crippen LogP contribution in [0, 0.1) is 5.92 Å². The Labute approximate surface area is 283 Å². The number of allylic oxidation sites excluding steroid dienone is 1. The molecule has 12 heteroatoms. The molecule has 1 spiro atoms. The van der Waals surface area contributed by atoms with E-state index in [4.69, 9.17) is 44.8 Å². The van der Waals surface area contributed by atoms with E-state index in [1.54, 1.807) is 32.2 Å². The topological polar surface area (TPSA) is 136 Å². The standard InChI is InChI=1S/C36H37ClO11/c1-19-16-24(38)29(34(40)36(19)35(41)30-26(44-4)18-27(45-5)31(37)33(30)48-36)23(17-28(39)46-6)22-8-7-9-25(43-3)32(22)47-15-14-20-10-12-21(42-2)13-11-20/h7-13,18-19,23,40H,14-17H2,1-6H3/t19-,23-,36+/m1/s1. The molecule has 11 nitrogen and oxygen atoms in total. The molecule has 48 heavy (non-hydrogen) atoms. The third-order valence-corrected chi connectivity index (χ3v) is 9.22. The van der Waals surface area contributed by atoms with Crippen molar-refractivity contribution in [3.8, 4) is 34.5 Å². The lowest BCUT2D eigenvalue weighted by molar-refractivity contribution is -0.140. The summed E-state index contributed by atoms with van der Waals surface area (Å²) < 4.78 is 39.3. The first-order chi connectivity index (χ1) is 23.1. The highest BCUT2D eigenvalue weighted by molar-refractivity contribution is 6.35. The van der Waals surface area contributed by atoms with Crippen LogP contribution in [0.25, 0.3) is 0 Å². The summed E-state index contributed by atoms with van der Waals surface area (Å²) in [6.45, 7) is 1.84. The predicted molar refractivity (Wildman–Crippen MR) is 175 cm³/mol. The summed E-state index contributed by atoms with van der Waals surface area (Å²) in [6, 6.07) is 14.0. The molecule has 0 saturated carbocycles. The second-order valence-electron chi connectivity index (χ2n) is 11.4. The average Bonchev–Trinajstić information content (AvgIpc) is 3.41. The lowest BCUT2D eigenvalue weighted by Crippen LogP contribution is -2.53. The third-order valence-electron chi connectivity index (χ3n) is 8.86. The maximum Gasteiger partial charge on any atom is 0.306 e. The second kappa shape index (κ2) is 14.1. The highest BCUT2D eigenvalue weighted by atomic mass is 35.5. The van der Waals surface area contributed by atoms with Gasteiger partial charge in [0.25, 0.3) is 0 Å². The Bertz CT molecular complexity index is 1760. The molecule has 0 amide bonds. The van der Waals surface area contributed by atoms with Gasteiger partial charge < -0.3 is 38.3 Å². The molecule has 3 aromatic carbocycles. The van der Waals surface area contributed by atoms with E-state index in [2.05, 4.69) is 0 Å². The highest BCUT2D eigenvalue weighted by Crippen LogP contribution is 2.56. The van der Waals surface area contributed by atoms with Crippen molar-refractivity contribution in [2.45, 2.75) is 37.7 Å². The van der Waals surface area contributed by atoms with Crippen LogP contribution in [-0.2, 0) is 20.7 Å². The van der Waals surface area contributed by atoms with E-state index in [1.165, 1.54) is 34.5 Å². The quantitative estimate of drug-likeness (QED) is 0.223. The summed E-state index contributed by atoms with van der Waals surface area (Å²) in [5.74, 6) is -2.77. The number of aliphatic hydroxyl groups excluding tert-OH is 1. The van der Waals surface area contributed by atoms with Gasteiger partial charge in [0.2, 0.25) is 11.4 Å². The Hall–Kier alpha value is -4.90. The van der Waals surface area contributed by atoms with Gasteiger partial charge in [0, 0.05) is 41.9 Å². The van der Waals surface area contributed by atoms with Crippen LogP contribution in [0.15, 0.2) is 59.9 Å². The van der Waals surface area contributed by atoms with Crippen molar-refractivity contribution >= 4 is 29.1 Å². The van der Waals surface area contributed by atoms with Crippen molar-refractivity contribution in [2.75, 3.05) is 42.2 Å². The lowest BCUT2D eigenvalue weighted by Gasteiger charge is -2.38. The first-order valence-corrected chi connectivity index (χ1v) is 15.6. The maximum absolute atomic E-state index is 14.3. The minimum atomic E-state index is -2.04. The minimum absolute atomic E-state index is 0.00317. The van der Waals surface area contributed by atoms with Gasteiger partial charge in [0.15, 0.2) is 28.8 Å². The molecular formula is C36H37ClO11. The van der Waals surface area contributed by atoms with Gasteiger partial charge in [-0.2, -0.15) is 0 Å². The fourth-order valence-corrected chi connectivity index (χ4v) is 6.61. The third kappa shape index (κ3) is 5.87. The Morgan fingerprint density at radius 1 is 0.979 bits per heavy atom. The van der Waals surface area contributed by atoms with Crippen LogP contribution in [0.2, 0.25) is 5.02 Å². The number of esters is 1. The average molecular weight is 681 g/mol. The number of carbonyl (C=O) groups excluding carboxylic acids is 3. The van der Waals surface area contributed by atoms with E-state index < -0.39 is 40.7 Å². The largest absolute Gasteiger partial charge is 0.507 e. The van der Waals surface area contributed by atoms with E-state index in [9.17, 15) is 19.5 Å². The number of benzene rings is 3. The van der Waals surface area contributed by atoms with Crippen molar-refractivity contribution in [3.05, 3.63) is 81.6 Å². The van der Waals surface area contributed by atoms with Crippen LogP contribution in [0.4, 0.5) is 0 Å². The molecule has 1 heterocycles. The van der Waals surface area contributed by atoms with Crippen molar-refractivity contribution < 1.29 is 52.6 Å². The fourth-order valence-electron chi connectivity index (χ4n) is 6.34. The zero-order valence-corrected chi connectivity index (χ0v) is 28.3. The number of para-hydroxylation sites is 1. The molecule has 0 fully saturated rings. The Morgan fingerprint density at radius 2 is 1.67 bits per heavy atom. The zero-order valence-electron chi connectivity index (χ0n) is 27.5. The van der Waals surface area contributed by atoms with E-state index in [-0.39, 0.29) is 58.6 Å². The van der Waals surface area contributed by atoms with Gasteiger partial charge in [-0.25, -0.2) is 0 Å². The molecule has 0 aromatic heterocycles. The van der Waals surface area contributed by atoms with E-state index in [0.717, 1.165) is 11.3 Å². The highest BCUT2D eigenvalue weighted by Gasteiger charge is 2.61. The molecule has 254 valence electrons. The molecule has 0 radical (unpaired) electrons. The molecule has 1 N–H and O–H groups in total. The van der Waals surface area contributed by atoms with E-state index in [0.29, 0.717) is 17.7 Å². The predicted octanol–water partition coefficient (Wildman–Crippen LogP) is 6.08. The Balaban J connectivity index is 1.63. The van der Waals surface area contributed by atoms with E-state index in [1.807, 2.05) is 24.3 Å². The summed E-state index contributed by atoms with van der Waals surface area (Å²) >= 11 is 6.60. The Kier molecular flexibility index (Phi) is 10.1. The van der Waals surface area contributed by atoms with Crippen LogP contribution >= 0.6 is 11.6 Å². The van der Waals surface area contributed by atoms with Crippen molar-refractivity contribution in [3.63, 3.8) is 0 Å². The van der Waals surface area contributed by atoms with Gasteiger partial charge in [-0.3, -0.25) is 14.4 Å². The van der Waals surface area contributed by atoms with Crippen LogP contribution in [-0.4, -0.2) is 70.4 Å². The van der Waals surface area contributed by atoms with Gasteiger partial charge in [0.05, 0.1) is 48.6 Å². The van der Waals surface area contributed by atoms with Crippen LogP contribution in [0.1, 0.15) is 47.2 Å². The van der Waals surface area contributed by atoms with Crippen molar-refractivity contribution in [2.24, 2.45) is 5.92 Å². The first-order valence-electron chi connectivity index (χ1n) is 15.2. The number of fused-ring (bicyclic) bond motifs is 1. The molecule has 3 atom stereocenters. The number of methoxy groups -OCH3 is 5. The number of aliphatic hydroxyl groups is 1. The molecule has 2 aliphatic rings. The minimum Gasteiger partial charge on any atom is -0.507 e. The number of Topliss-reactive ketones (excluding diaryl/α,β-unsaturated/α-hetero) is 2. The van der Waals surface area contributed by atoms with Crippen molar-refractivity contribution in [1.82, 2.24) is 0 Å². The zero-order chi connectivity index (χ0) is 34.7. The maximum atomic E-state index is 14.3. The van der Waals surface area contributed by atoms with Crippen LogP contribution in [0.3, 0.4) is 0 Å². The van der Waals surface area contributed by atoms with Crippen LogP contribution in [0.5, 0.6) is 34.5 Å². The molecule has 5 rings (SSSR count). The van der Waals surface area contributed by atoms with Gasteiger partial charge in [0.1, 0.15) is 27.8 Å². The first kappa shape index (κ1) is 34.4. The molecule has 1 aliphatic heterocycles. The van der Waals surface area contributed by atoms with Gasteiger partial charge in [-0.05, 0) is 23.8 Å². The lowest BCUT2D eigenvalue weighted by atomic mass is 9.69. The smallest absolute Gasteiger partial charge is 0.306 e. The number of hydrogen-bond donors (Lipinski definition) is 1. The van der Waals surface area contributed by atoms with Crippen LogP contribution < -0.4 is 28.4 Å². The van der Waals surface area contributed by atoms with Gasteiger partial charge >= 0.3 is 5.97 Å². The molecule has 0 unspecified atom stereocenters. The molecule has 0 bridgehead atoms. The monoisotopic (exact) mass is 680 g/mol. The molecule has 3 aromatic rings. The summed E-state index contributed by atoms with van der Waals surface area (Å²) in [5, 5.41) is 12.2. The van der Waals surface area contributed by atoms with E-state index >= 15 is 0 Å². The van der Waals surface area contributed by atoms with Gasteiger partial charge in [-0.15, -0.1) is 0 Å². The van der Waals surface area contributed by atoms with Crippen molar-refractivity contribution in [1.29, 1.82) is 0 Å². The number of ketones is 2. The number of hydrogen-bond acceptors (Lipinski definition) is 11. The SMILES string of the molecule is COC(=O)C[C@@H](C1=C(O)[C@@]2(Oc3c(Cl)c(OC)cc(OC)c3C2=O)[C@H](C)CC1=O)c1cccc(OC)c1OCCc1ccc(OC)cc1. The van der Waals surface area contributed by atoms with Gasteiger partial charge in [-0.1, -0.05) is 42.8 Å². The molecule has 0 saturated heterocycles. The summed E-state index contributed by atoms with van der Waals surface area (Å²) in [5.41, 5.74) is -0.871. The number of carbonyl (C=O) groups is 3. The summed E-state index contributed by atoms with van der Waals surface area (Å²) in [4.78, 5) is 41.2. The molecule has 1 aliphatic carbocycles. The Morgan fingerprint density at radius 3 is 2.29 bits per heavy atom.